The van der Waals surface area contributed by atoms with Gasteiger partial charge in [0.05, 0.1) is 11.4 Å². The Balaban J connectivity index is 2.16. The molecule has 1 heterocycles. The zero-order chi connectivity index (χ0) is 14.5. The lowest BCUT2D eigenvalue weighted by molar-refractivity contribution is 0.0935. The van der Waals surface area contributed by atoms with Gasteiger partial charge in [-0.2, -0.15) is 5.10 Å². The molecule has 0 aliphatic carbocycles. The zero-order valence-electron chi connectivity index (χ0n) is 11.2. The molecule has 1 aromatic heterocycles. The molecule has 2 aromatic rings. The van der Waals surface area contributed by atoms with E-state index in [1.165, 1.54) is 0 Å². The van der Waals surface area contributed by atoms with Crippen LogP contribution in [0.1, 0.15) is 23.8 Å². The molecule has 2 rings (SSSR count). The number of amides is 1. The van der Waals surface area contributed by atoms with Gasteiger partial charge in [-0.3, -0.25) is 4.79 Å². The molecule has 1 aromatic carbocycles. The highest BCUT2D eigenvalue weighted by atomic mass is 16.2. The number of nitrogens with two attached hydrogens (primary N) is 1. The third-order valence-electron chi connectivity index (χ3n) is 2.81. The fourth-order valence-corrected chi connectivity index (χ4v) is 1.80. The number of nitrogens with one attached hydrogen (secondary N) is 1. The van der Waals surface area contributed by atoms with Crippen molar-refractivity contribution in [2.75, 3.05) is 5.73 Å². The van der Waals surface area contributed by atoms with E-state index in [0.717, 1.165) is 5.69 Å². The highest BCUT2D eigenvalue weighted by Crippen LogP contribution is 2.15. The predicted molar refractivity (Wildman–Crippen MR) is 78.4 cm³/mol. The van der Waals surface area contributed by atoms with Crippen molar-refractivity contribution in [3.05, 3.63) is 42.2 Å². The molecule has 1 unspecified atom stereocenters. The Morgan fingerprint density at radius 2 is 2.25 bits per heavy atom. The second-order valence-electron chi connectivity index (χ2n) is 4.49. The van der Waals surface area contributed by atoms with Gasteiger partial charge in [0, 0.05) is 18.7 Å². The summed E-state index contributed by atoms with van der Waals surface area (Å²) in [5, 5.41) is 7.02. The Morgan fingerprint density at radius 1 is 1.50 bits per heavy atom. The van der Waals surface area contributed by atoms with Crippen molar-refractivity contribution in [2.24, 2.45) is 0 Å². The first-order valence-electron chi connectivity index (χ1n) is 6.26. The average Bonchev–Trinajstić information content (AvgIpc) is 2.89. The number of hydrogen-bond acceptors (Lipinski definition) is 3. The number of carbonyl (C=O) groups is 1. The maximum absolute atomic E-state index is 12.0. The van der Waals surface area contributed by atoms with Crippen molar-refractivity contribution >= 4 is 11.6 Å². The second kappa shape index (κ2) is 5.93. The number of para-hydroxylation sites is 2. The fourth-order valence-electron chi connectivity index (χ4n) is 1.80. The molecule has 5 heteroatoms. The Bertz CT molecular complexity index is 654. The van der Waals surface area contributed by atoms with Gasteiger partial charge in [-0.05, 0) is 25.1 Å². The van der Waals surface area contributed by atoms with E-state index < -0.39 is 0 Å². The van der Waals surface area contributed by atoms with E-state index in [9.17, 15) is 4.79 Å². The summed E-state index contributed by atoms with van der Waals surface area (Å²) in [5.41, 5.74) is 7.54. The summed E-state index contributed by atoms with van der Waals surface area (Å²) in [6.07, 6.45) is 7.39. The molecule has 1 atom stereocenters. The Morgan fingerprint density at radius 3 is 2.95 bits per heavy atom. The monoisotopic (exact) mass is 268 g/mol. The van der Waals surface area contributed by atoms with E-state index in [2.05, 4.69) is 16.3 Å². The average molecular weight is 268 g/mol. The van der Waals surface area contributed by atoms with E-state index in [0.29, 0.717) is 17.8 Å². The number of aromatic nitrogens is 2. The minimum absolute atomic E-state index is 0.0838. The summed E-state index contributed by atoms with van der Waals surface area (Å²) in [6.45, 7) is 1.85. The topological polar surface area (TPSA) is 72.9 Å². The van der Waals surface area contributed by atoms with Crippen LogP contribution in [0.25, 0.3) is 5.69 Å². The normalized spacial score (nSPS) is 11.6. The van der Waals surface area contributed by atoms with E-state index in [-0.39, 0.29) is 11.9 Å². The molecule has 1 amide bonds. The molecule has 0 fully saturated rings. The summed E-state index contributed by atoms with van der Waals surface area (Å²) in [5.74, 6) is 2.26. The van der Waals surface area contributed by atoms with Crippen LogP contribution in [-0.4, -0.2) is 21.7 Å². The van der Waals surface area contributed by atoms with Crippen LogP contribution in [0, 0.1) is 12.3 Å². The van der Waals surface area contributed by atoms with Crippen molar-refractivity contribution in [1.82, 2.24) is 15.1 Å². The molecule has 0 saturated carbocycles. The quantitative estimate of drug-likeness (QED) is 0.653. The van der Waals surface area contributed by atoms with Gasteiger partial charge >= 0.3 is 0 Å². The first-order valence-corrected chi connectivity index (χ1v) is 6.26. The number of hydrogen-bond donors (Lipinski definition) is 2. The third kappa shape index (κ3) is 2.98. The molecule has 20 heavy (non-hydrogen) atoms. The van der Waals surface area contributed by atoms with Crippen LogP contribution in [0.3, 0.4) is 0 Å². The molecule has 0 aliphatic heterocycles. The summed E-state index contributed by atoms with van der Waals surface area (Å²) in [7, 11) is 0. The summed E-state index contributed by atoms with van der Waals surface area (Å²) >= 11 is 0. The van der Waals surface area contributed by atoms with Gasteiger partial charge in [0.25, 0.3) is 5.91 Å². The molecule has 0 aliphatic rings. The van der Waals surface area contributed by atoms with Crippen LogP contribution < -0.4 is 11.1 Å². The van der Waals surface area contributed by atoms with E-state index in [1.807, 2.05) is 25.1 Å². The van der Waals surface area contributed by atoms with Crippen LogP contribution in [0.2, 0.25) is 0 Å². The highest BCUT2D eigenvalue weighted by Gasteiger charge is 2.13. The van der Waals surface area contributed by atoms with Crippen molar-refractivity contribution in [2.45, 2.75) is 19.4 Å². The van der Waals surface area contributed by atoms with E-state index in [4.69, 9.17) is 12.2 Å². The summed E-state index contributed by atoms with van der Waals surface area (Å²) in [6, 6.07) is 8.89. The molecule has 0 bridgehead atoms. The number of anilines is 1. The van der Waals surface area contributed by atoms with Gasteiger partial charge in [-0.15, -0.1) is 12.3 Å². The highest BCUT2D eigenvalue weighted by molar-refractivity contribution is 5.92. The number of nitrogen functional groups attached to an aromatic ring is 1. The standard InChI is InChI=1S/C15H16N4O/c1-3-6-11(2)17-15(20)13-9-10-19(18-13)14-8-5-4-7-12(14)16/h1,4-5,7-11H,6,16H2,2H3,(H,17,20). The van der Waals surface area contributed by atoms with Gasteiger partial charge in [-0.1, -0.05) is 12.1 Å². The summed E-state index contributed by atoms with van der Waals surface area (Å²) in [4.78, 5) is 12.0. The van der Waals surface area contributed by atoms with Gasteiger partial charge in [0.2, 0.25) is 0 Å². The molecule has 102 valence electrons. The minimum atomic E-state index is -0.249. The van der Waals surface area contributed by atoms with Gasteiger partial charge in [0.15, 0.2) is 5.69 Å². The lowest BCUT2D eigenvalue weighted by Gasteiger charge is -2.09. The number of benzene rings is 1. The Kier molecular flexibility index (Phi) is 4.06. The van der Waals surface area contributed by atoms with E-state index >= 15 is 0 Å². The Labute approximate surface area is 117 Å². The zero-order valence-corrected chi connectivity index (χ0v) is 11.2. The van der Waals surface area contributed by atoms with Crippen molar-refractivity contribution in [3.63, 3.8) is 0 Å². The number of rotatable bonds is 4. The SMILES string of the molecule is C#CCC(C)NC(=O)c1ccn(-c2ccccc2N)n1. The van der Waals surface area contributed by atoms with Gasteiger partial charge in [-0.25, -0.2) is 4.68 Å². The summed E-state index contributed by atoms with van der Waals surface area (Å²) < 4.78 is 1.58. The smallest absolute Gasteiger partial charge is 0.272 e. The molecule has 0 spiro atoms. The number of carbonyl (C=O) groups excluding carboxylic acids is 1. The van der Waals surface area contributed by atoms with Gasteiger partial charge in [0.1, 0.15) is 0 Å². The van der Waals surface area contributed by atoms with Crippen LogP contribution in [0.5, 0.6) is 0 Å². The molecule has 0 saturated heterocycles. The third-order valence-corrected chi connectivity index (χ3v) is 2.81. The van der Waals surface area contributed by atoms with Crippen molar-refractivity contribution in [3.8, 4) is 18.0 Å². The van der Waals surface area contributed by atoms with Crippen LogP contribution in [-0.2, 0) is 0 Å². The van der Waals surface area contributed by atoms with Gasteiger partial charge < -0.3 is 11.1 Å². The van der Waals surface area contributed by atoms with Crippen LogP contribution in [0.15, 0.2) is 36.5 Å². The number of terminal acetylenes is 1. The minimum Gasteiger partial charge on any atom is -0.397 e. The van der Waals surface area contributed by atoms with Crippen molar-refractivity contribution in [1.29, 1.82) is 0 Å². The maximum atomic E-state index is 12.0. The lowest BCUT2D eigenvalue weighted by atomic mass is 10.2. The Hall–Kier alpha value is -2.74. The predicted octanol–water partition coefficient (Wildman–Crippen LogP) is 1.60. The fraction of sp³-hybridized carbons (Fsp3) is 0.200. The van der Waals surface area contributed by atoms with Crippen molar-refractivity contribution < 1.29 is 4.79 Å². The molecular weight excluding hydrogens is 252 g/mol. The lowest BCUT2D eigenvalue weighted by Crippen LogP contribution is -2.32. The van der Waals surface area contributed by atoms with E-state index in [1.54, 1.807) is 23.0 Å². The first kappa shape index (κ1) is 13.7. The molecule has 3 N–H and O–H groups in total. The number of nitrogens with zero attached hydrogens (tertiary/aromatic N) is 2. The largest absolute Gasteiger partial charge is 0.397 e. The molecular formula is C15H16N4O. The second-order valence-corrected chi connectivity index (χ2v) is 4.49. The van der Waals surface area contributed by atoms with Crippen LogP contribution in [0.4, 0.5) is 5.69 Å². The first-order chi connectivity index (χ1) is 9.61. The molecule has 0 radical (unpaired) electrons. The molecule has 5 nitrogen and oxygen atoms in total. The van der Waals surface area contributed by atoms with Crippen LogP contribution >= 0.6 is 0 Å². The maximum Gasteiger partial charge on any atom is 0.272 e.